The second kappa shape index (κ2) is 6.12. The molecular weight excluding hydrogens is 258 g/mol. The van der Waals surface area contributed by atoms with Crippen LogP contribution in [0, 0.1) is 10.1 Å². The maximum atomic E-state index is 10.5. The third kappa shape index (κ3) is 3.30. The van der Waals surface area contributed by atoms with Crippen molar-refractivity contribution >= 4 is 5.69 Å². The molecule has 1 aromatic heterocycles. The first-order valence-corrected chi connectivity index (χ1v) is 6.24. The Kier molecular flexibility index (Phi) is 4.27. The first-order valence-electron chi connectivity index (χ1n) is 6.24. The summed E-state index contributed by atoms with van der Waals surface area (Å²) in [5.41, 5.74) is 6.90. The van der Waals surface area contributed by atoms with E-state index in [9.17, 15) is 10.1 Å². The van der Waals surface area contributed by atoms with E-state index in [0.717, 1.165) is 18.2 Å². The lowest BCUT2D eigenvalue weighted by Crippen LogP contribution is -2.08. The Morgan fingerprint density at radius 1 is 1.30 bits per heavy atom. The zero-order valence-corrected chi connectivity index (χ0v) is 11.0. The van der Waals surface area contributed by atoms with Gasteiger partial charge in [-0.15, -0.1) is 0 Å². The third-order valence-electron chi connectivity index (χ3n) is 2.90. The van der Waals surface area contributed by atoms with E-state index >= 15 is 0 Å². The molecule has 0 saturated carbocycles. The van der Waals surface area contributed by atoms with Crippen molar-refractivity contribution in [2.24, 2.45) is 5.73 Å². The highest BCUT2D eigenvalue weighted by atomic mass is 16.6. The van der Waals surface area contributed by atoms with Gasteiger partial charge in [0.15, 0.2) is 0 Å². The van der Waals surface area contributed by atoms with Crippen LogP contribution in [0.5, 0.6) is 11.6 Å². The van der Waals surface area contributed by atoms with Crippen molar-refractivity contribution in [1.82, 2.24) is 4.98 Å². The Hall–Kier alpha value is -2.47. The molecule has 2 aromatic rings. The van der Waals surface area contributed by atoms with Gasteiger partial charge in [0.05, 0.1) is 4.92 Å². The minimum absolute atomic E-state index is 0.0153. The predicted octanol–water partition coefficient (Wildman–Crippen LogP) is 3.19. The van der Waals surface area contributed by atoms with Crippen molar-refractivity contribution < 1.29 is 9.66 Å². The second-order valence-electron chi connectivity index (χ2n) is 4.30. The standard InChI is InChI=1S/C14H15N3O3/c1-2-13(15)10-3-6-12(7-4-10)20-14-8-5-11(9-16-14)17(18)19/h3-9,13H,2,15H2,1H3. The van der Waals surface area contributed by atoms with Crippen LogP contribution in [0.1, 0.15) is 24.9 Å². The lowest BCUT2D eigenvalue weighted by Gasteiger charge is -2.10. The topological polar surface area (TPSA) is 91.3 Å². The van der Waals surface area contributed by atoms with E-state index in [4.69, 9.17) is 10.5 Å². The van der Waals surface area contributed by atoms with Gasteiger partial charge in [-0.3, -0.25) is 10.1 Å². The van der Waals surface area contributed by atoms with Crippen LogP contribution in [0.25, 0.3) is 0 Å². The normalized spacial score (nSPS) is 11.9. The van der Waals surface area contributed by atoms with Gasteiger partial charge >= 0.3 is 0 Å². The van der Waals surface area contributed by atoms with E-state index in [2.05, 4.69) is 4.98 Å². The molecule has 0 spiro atoms. The Morgan fingerprint density at radius 2 is 2.00 bits per heavy atom. The highest BCUT2D eigenvalue weighted by molar-refractivity contribution is 5.34. The van der Waals surface area contributed by atoms with Crippen LogP contribution in [0.15, 0.2) is 42.6 Å². The number of ether oxygens (including phenoxy) is 1. The van der Waals surface area contributed by atoms with Crippen LogP contribution in [-0.2, 0) is 0 Å². The summed E-state index contributed by atoms with van der Waals surface area (Å²) in [6.45, 7) is 2.02. The van der Waals surface area contributed by atoms with E-state index in [0.29, 0.717) is 11.6 Å². The fourth-order valence-electron chi connectivity index (χ4n) is 1.68. The van der Waals surface area contributed by atoms with E-state index < -0.39 is 4.92 Å². The molecule has 1 atom stereocenters. The second-order valence-corrected chi connectivity index (χ2v) is 4.30. The Morgan fingerprint density at radius 3 is 2.50 bits per heavy atom. The molecule has 0 aliphatic heterocycles. The van der Waals surface area contributed by atoms with Gasteiger partial charge in [0.2, 0.25) is 5.88 Å². The predicted molar refractivity (Wildman–Crippen MR) is 74.6 cm³/mol. The van der Waals surface area contributed by atoms with Crippen LogP contribution in [0.4, 0.5) is 5.69 Å². The van der Waals surface area contributed by atoms with Crippen molar-refractivity contribution in [3.63, 3.8) is 0 Å². The molecule has 2 N–H and O–H groups in total. The van der Waals surface area contributed by atoms with Gasteiger partial charge in [-0.05, 0) is 24.1 Å². The average molecular weight is 273 g/mol. The number of pyridine rings is 1. The van der Waals surface area contributed by atoms with Crippen LogP contribution in [0.2, 0.25) is 0 Å². The van der Waals surface area contributed by atoms with Gasteiger partial charge in [0.25, 0.3) is 5.69 Å². The van der Waals surface area contributed by atoms with E-state index in [1.807, 2.05) is 19.1 Å². The van der Waals surface area contributed by atoms with Gasteiger partial charge in [-0.2, -0.15) is 0 Å². The molecule has 1 heterocycles. The summed E-state index contributed by atoms with van der Waals surface area (Å²) < 4.78 is 5.51. The van der Waals surface area contributed by atoms with Crippen LogP contribution < -0.4 is 10.5 Å². The van der Waals surface area contributed by atoms with Crippen molar-refractivity contribution in [3.05, 3.63) is 58.3 Å². The van der Waals surface area contributed by atoms with E-state index in [-0.39, 0.29) is 11.7 Å². The molecule has 2 rings (SSSR count). The molecular formula is C14H15N3O3. The van der Waals surface area contributed by atoms with Crippen molar-refractivity contribution in [3.8, 4) is 11.6 Å². The first-order chi connectivity index (χ1) is 9.60. The van der Waals surface area contributed by atoms with Crippen molar-refractivity contribution in [2.45, 2.75) is 19.4 Å². The summed E-state index contributed by atoms with van der Waals surface area (Å²) in [7, 11) is 0. The summed E-state index contributed by atoms with van der Waals surface area (Å²) in [5, 5.41) is 10.5. The molecule has 0 radical (unpaired) electrons. The molecule has 0 fully saturated rings. The molecule has 0 saturated heterocycles. The summed E-state index contributed by atoms with van der Waals surface area (Å²) in [6.07, 6.45) is 2.03. The zero-order valence-electron chi connectivity index (χ0n) is 11.0. The number of nitrogens with two attached hydrogens (primary N) is 1. The van der Waals surface area contributed by atoms with Gasteiger partial charge in [-0.1, -0.05) is 19.1 Å². The first kappa shape index (κ1) is 14.0. The molecule has 0 aliphatic rings. The number of nitrogens with zero attached hydrogens (tertiary/aromatic N) is 2. The third-order valence-corrected chi connectivity index (χ3v) is 2.90. The highest BCUT2D eigenvalue weighted by Gasteiger charge is 2.07. The summed E-state index contributed by atoms with van der Waals surface area (Å²) in [6, 6.07) is 10.2. The van der Waals surface area contributed by atoms with Crippen LogP contribution in [-0.4, -0.2) is 9.91 Å². The van der Waals surface area contributed by atoms with E-state index in [1.165, 1.54) is 12.1 Å². The molecule has 0 bridgehead atoms. The SMILES string of the molecule is CCC(N)c1ccc(Oc2ccc([N+](=O)[O-])cn2)cc1. The summed E-state index contributed by atoms with van der Waals surface area (Å²) >= 11 is 0. The fraction of sp³-hybridized carbons (Fsp3) is 0.214. The molecule has 6 nitrogen and oxygen atoms in total. The largest absolute Gasteiger partial charge is 0.439 e. The smallest absolute Gasteiger partial charge is 0.287 e. The Labute approximate surface area is 116 Å². The van der Waals surface area contributed by atoms with Gasteiger partial charge in [0, 0.05) is 18.2 Å². The molecule has 104 valence electrons. The number of nitro groups is 1. The van der Waals surface area contributed by atoms with Crippen LogP contribution in [0.3, 0.4) is 0 Å². The summed E-state index contributed by atoms with van der Waals surface area (Å²) in [5.74, 6) is 0.918. The van der Waals surface area contributed by atoms with Gasteiger partial charge in [0.1, 0.15) is 11.9 Å². The minimum Gasteiger partial charge on any atom is -0.439 e. The molecule has 20 heavy (non-hydrogen) atoms. The number of hydrogen-bond acceptors (Lipinski definition) is 5. The van der Waals surface area contributed by atoms with Crippen molar-refractivity contribution in [2.75, 3.05) is 0 Å². The van der Waals surface area contributed by atoms with Crippen LogP contribution >= 0.6 is 0 Å². The summed E-state index contributed by atoms with van der Waals surface area (Å²) in [4.78, 5) is 13.9. The number of rotatable bonds is 5. The molecule has 1 unspecified atom stereocenters. The van der Waals surface area contributed by atoms with Gasteiger partial charge in [-0.25, -0.2) is 4.98 Å². The quantitative estimate of drug-likeness (QED) is 0.667. The Bertz CT molecular complexity index is 582. The number of hydrogen-bond donors (Lipinski definition) is 1. The Balaban J connectivity index is 2.08. The number of aromatic nitrogens is 1. The average Bonchev–Trinajstić information content (AvgIpc) is 2.48. The fourth-order valence-corrected chi connectivity index (χ4v) is 1.68. The van der Waals surface area contributed by atoms with Crippen molar-refractivity contribution in [1.29, 1.82) is 0 Å². The number of benzene rings is 1. The molecule has 0 aliphatic carbocycles. The lowest BCUT2D eigenvalue weighted by atomic mass is 10.1. The maximum absolute atomic E-state index is 10.5. The maximum Gasteiger partial charge on any atom is 0.287 e. The zero-order chi connectivity index (χ0) is 14.5. The molecule has 0 amide bonds. The van der Waals surface area contributed by atoms with Gasteiger partial charge < -0.3 is 10.5 Å². The molecule has 1 aromatic carbocycles. The lowest BCUT2D eigenvalue weighted by molar-refractivity contribution is -0.385. The minimum atomic E-state index is -0.502. The highest BCUT2D eigenvalue weighted by Crippen LogP contribution is 2.23. The monoisotopic (exact) mass is 273 g/mol. The molecule has 6 heteroatoms. The van der Waals surface area contributed by atoms with E-state index in [1.54, 1.807) is 12.1 Å².